The molecular weight excluding hydrogens is 294 g/mol. The van der Waals surface area contributed by atoms with Gasteiger partial charge in [0.25, 0.3) is 5.69 Å². The highest BCUT2D eigenvalue weighted by Gasteiger charge is 2.32. The Morgan fingerprint density at radius 3 is 2.61 bits per heavy atom. The summed E-state index contributed by atoms with van der Waals surface area (Å²) in [6.45, 7) is 0. The van der Waals surface area contributed by atoms with Crippen molar-refractivity contribution >= 4 is 11.7 Å². The van der Waals surface area contributed by atoms with E-state index in [1.165, 1.54) is 23.8 Å². The van der Waals surface area contributed by atoms with Crippen LogP contribution in [0.5, 0.6) is 0 Å². The molecule has 2 atom stereocenters. The first-order valence-corrected chi connectivity index (χ1v) is 7.65. The van der Waals surface area contributed by atoms with E-state index in [4.69, 9.17) is 4.74 Å². The Morgan fingerprint density at radius 2 is 1.87 bits per heavy atom. The van der Waals surface area contributed by atoms with Crippen LogP contribution in [-0.4, -0.2) is 17.0 Å². The summed E-state index contributed by atoms with van der Waals surface area (Å²) in [5, 5.41) is 10.8. The Kier molecular flexibility index (Phi) is 4.37. The SMILES string of the molecule is O=C(OC1CCCC1c1ccccc1)c1cccc([N+](=O)[O-])c1. The lowest BCUT2D eigenvalue weighted by Gasteiger charge is -2.20. The number of ether oxygens (including phenoxy) is 1. The molecule has 3 rings (SSSR count). The second-order valence-electron chi connectivity index (χ2n) is 5.70. The van der Waals surface area contributed by atoms with Gasteiger partial charge >= 0.3 is 5.97 Å². The number of nitrogens with zero attached hydrogens (tertiary/aromatic N) is 1. The molecule has 5 heteroatoms. The van der Waals surface area contributed by atoms with Crippen LogP contribution >= 0.6 is 0 Å². The van der Waals surface area contributed by atoms with Gasteiger partial charge in [-0.3, -0.25) is 10.1 Å². The maximum Gasteiger partial charge on any atom is 0.338 e. The third-order valence-corrected chi connectivity index (χ3v) is 4.23. The van der Waals surface area contributed by atoms with E-state index in [9.17, 15) is 14.9 Å². The monoisotopic (exact) mass is 311 g/mol. The predicted molar refractivity (Wildman–Crippen MR) is 85.3 cm³/mol. The van der Waals surface area contributed by atoms with Gasteiger partial charge in [-0.1, -0.05) is 36.4 Å². The van der Waals surface area contributed by atoms with E-state index in [1.807, 2.05) is 30.3 Å². The van der Waals surface area contributed by atoms with Gasteiger partial charge in [-0.25, -0.2) is 4.79 Å². The van der Waals surface area contributed by atoms with Gasteiger partial charge in [-0.05, 0) is 30.9 Å². The summed E-state index contributed by atoms with van der Waals surface area (Å²) >= 11 is 0. The molecule has 2 aromatic rings. The Balaban J connectivity index is 1.74. The summed E-state index contributed by atoms with van der Waals surface area (Å²) in [6, 6.07) is 15.7. The van der Waals surface area contributed by atoms with E-state index in [-0.39, 0.29) is 23.3 Å². The van der Waals surface area contributed by atoms with Crippen LogP contribution in [-0.2, 0) is 4.74 Å². The normalized spacial score (nSPS) is 20.2. The predicted octanol–water partition coefficient (Wildman–Crippen LogP) is 4.09. The molecule has 23 heavy (non-hydrogen) atoms. The molecule has 0 spiro atoms. The lowest BCUT2D eigenvalue weighted by atomic mass is 9.96. The summed E-state index contributed by atoms with van der Waals surface area (Å²) < 4.78 is 5.64. The topological polar surface area (TPSA) is 69.4 Å². The summed E-state index contributed by atoms with van der Waals surface area (Å²) in [6.07, 6.45) is 2.63. The van der Waals surface area contributed by atoms with Gasteiger partial charge in [-0.2, -0.15) is 0 Å². The van der Waals surface area contributed by atoms with Gasteiger partial charge < -0.3 is 4.74 Å². The lowest BCUT2D eigenvalue weighted by Crippen LogP contribution is -2.21. The average Bonchev–Trinajstić information content (AvgIpc) is 3.04. The zero-order chi connectivity index (χ0) is 16.2. The highest BCUT2D eigenvalue weighted by atomic mass is 16.6. The fourth-order valence-corrected chi connectivity index (χ4v) is 3.10. The van der Waals surface area contributed by atoms with Crippen LogP contribution in [0.3, 0.4) is 0 Å². The number of hydrogen-bond acceptors (Lipinski definition) is 4. The molecule has 1 fully saturated rings. The molecular formula is C18H17NO4. The summed E-state index contributed by atoms with van der Waals surface area (Å²) in [7, 11) is 0. The third-order valence-electron chi connectivity index (χ3n) is 4.23. The molecule has 0 bridgehead atoms. The second-order valence-corrected chi connectivity index (χ2v) is 5.70. The first-order valence-electron chi connectivity index (χ1n) is 7.65. The van der Waals surface area contributed by atoms with Crippen molar-refractivity contribution in [1.82, 2.24) is 0 Å². The van der Waals surface area contributed by atoms with Crippen molar-refractivity contribution in [3.8, 4) is 0 Å². The molecule has 2 unspecified atom stereocenters. The van der Waals surface area contributed by atoms with Gasteiger partial charge in [0, 0.05) is 18.1 Å². The Morgan fingerprint density at radius 1 is 1.09 bits per heavy atom. The number of rotatable bonds is 4. The average molecular weight is 311 g/mol. The molecule has 2 aromatic carbocycles. The van der Waals surface area contributed by atoms with Crippen molar-refractivity contribution < 1.29 is 14.5 Å². The molecule has 0 radical (unpaired) electrons. The molecule has 0 aliphatic heterocycles. The number of carbonyl (C=O) groups is 1. The van der Waals surface area contributed by atoms with Crippen LogP contribution < -0.4 is 0 Å². The number of esters is 1. The van der Waals surface area contributed by atoms with Gasteiger partial charge in [-0.15, -0.1) is 0 Å². The number of nitro groups is 1. The smallest absolute Gasteiger partial charge is 0.338 e. The fourth-order valence-electron chi connectivity index (χ4n) is 3.10. The molecule has 0 aromatic heterocycles. The van der Waals surface area contributed by atoms with Gasteiger partial charge in [0.15, 0.2) is 0 Å². The van der Waals surface area contributed by atoms with Crippen LogP contribution in [0.25, 0.3) is 0 Å². The van der Waals surface area contributed by atoms with E-state index in [0.717, 1.165) is 19.3 Å². The van der Waals surface area contributed by atoms with Crippen molar-refractivity contribution in [2.24, 2.45) is 0 Å². The van der Waals surface area contributed by atoms with E-state index in [0.29, 0.717) is 0 Å². The first kappa shape index (κ1) is 15.2. The largest absolute Gasteiger partial charge is 0.458 e. The summed E-state index contributed by atoms with van der Waals surface area (Å²) in [4.78, 5) is 22.6. The van der Waals surface area contributed by atoms with Crippen molar-refractivity contribution in [3.05, 3.63) is 75.8 Å². The number of nitro benzene ring substituents is 1. The van der Waals surface area contributed by atoms with Crippen molar-refractivity contribution in [2.45, 2.75) is 31.3 Å². The molecule has 118 valence electrons. The van der Waals surface area contributed by atoms with Gasteiger partial charge in [0.1, 0.15) is 6.10 Å². The zero-order valence-corrected chi connectivity index (χ0v) is 12.6. The van der Waals surface area contributed by atoms with E-state index >= 15 is 0 Å². The number of hydrogen-bond donors (Lipinski definition) is 0. The maximum absolute atomic E-state index is 12.3. The molecule has 5 nitrogen and oxygen atoms in total. The number of benzene rings is 2. The second kappa shape index (κ2) is 6.60. The summed E-state index contributed by atoms with van der Waals surface area (Å²) in [5.41, 5.74) is 1.28. The third kappa shape index (κ3) is 3.39. The quantitative estimate of drug-likeness (QED) is 0.484. The molecule has 0 amide bonds. The molecule has 0 saturated heterocycles. The van der Waals surface area contributed by atoms with E-state index in [1.54, 1.807) is 6.07 Å². The molecule has 0 N–H and O–H groups in total. The molecule has 0 heterocycles. The van der Waals surface area contributed by atoms with E-state index < -0.39 is 10.9 Å². The zero-order valence-electron chi connectivity index (χ0n) is 12.6. The van der Waals surface area contributed by atoms with Gasteiger partial charge in [0.2, 0.25) is 0 Å². The van der Waals surface area contributed by atoms with E-state index in [2.05, 4.69) is 0 Å². The fraction of sp³-hybridized carbons (Fsp3) is 0.278. The van der Waals surface area contributed by atoms with Crippen LogP contribution in [0.4, 0.5) is 5.69 Å². The maximum atomic E-state index is 12.3. The van der Waals surface area contributed by atoms with Crippen LogP contribution in [0.15, 0.2) is 54.6 Å². The molecule has 1 aliphatic rings. The van der Waals surface area contributed by atoms with Crippen molar-refractivity contribution in [3.63, 3.8) is 0 Å². The van der Waals surface area contributed by atoms with Gasteiger partial charge in [0.05, 0.1) is 10.5 Å². The molecule has 1 aliphatic carbocycles. The summed E-state index contributed by atoms with van der Waals surface area (Å²) in [5.74, 6) is -0.305. The number of non-ortho nitro benzene ring substituents is 1. The minimum absolute atomic E-state index is 0.106. The van der Waals surface area contributed by atoms with Crippen molar-refractivity contribution in [2.75, 3.05) is 0 Å². The highest BCUT2D eigenvalue weighted by molar-refractivity contribution is 5.90. The Labute approximate surface area is 134 Å². The van der Waals surface area contributed by atoms with Crippen LogP contribution in [0.2, 0.25) is 0 Å². The lowest BCUT2D eigenvalue weighted by molar-refractivity contribution is -0.384. The Hall–Kier alpha value is -2.69. The van der Waals surface area contributed by atoms with Crippen LogP contribution in [0.1, 0.15) is 41.1 Å². The minimum Gasteiger partial charge on any atom is -0.458 e. The van der Waals surface area contributed by atoms with Crippen molar-refractivity contribution in [1.29, 1.82) is 0 Å². The van der Waals surface area contributed by atoms with Crippen LogP contribution in [0, 0.1) is 10.1 Å². The highest BCUT2D eigenvalue weighted by Crippen LogP contribution is 2.37. The number of carbonyl (C=O) groups excluding carboxylic acids is 1. The Bertz CT molecular complexity index is 714. The minimum atomic E-state index is -0.515. The first-order chi connectivity index (χ1) is 11.1. The standard InChI is InChI=1S/C18H17NO4/c20-18(14-8-4-9-15(12-14)19(21)22)23-17-11-5-10-16(17)13-6-2-1-3-7-13/h1-4,6-9,12,16-17H,5,10-11H2. The molecule has 1 saturated carbocycles.